The molecule has 4 aromatic rings. The molecule has 5 rings (SSSR count). The van der Waals surface area contributed by atoms with Crippen LogP contribution in [-0.4, -0.2) is 65.0 Å². The third-order valence-corrected chi connectivity index (χ3v) is 6.13. The largest absolute Gasteiger partial charge is 0.492 e. The van der Waals surface area contributed by atoms with E-state index in [1.807, 2.05) is 13.0 Å². The van der Waals surface area contributed by atoms with Crippen LogP contribution < -0.4 is 15.6 Å². The molecule has 36 heavy (non-hydrogen) atoms. The molecule has 0 atom stereocenters. The Morgan fingerprint density at radius 2 is 2.06 bits per heavy atom. The molecule has 0 spiro atoms. The number of nitrogens with one attached hydrogen (secondary N) is 1. The lowest BCUT2D eigenvalue weighted by Gasteiger charge is -2.19. The number of anilines is 1. The van der Waals surface area contributed by atoms with E-state index in [0.717, 1.165) is 44.8 Å². The van der Waals surface area contributed by atoms with Gasteiger partial charge in [-0.25, -0.2) is 4.98 Å². The van der Waals surface area contributed by atoms with Gasteiger partial charge in [0.25, 0.3) is 11.5 Å². The number of aryl methyl sites for hydroxylation is 1. The van der Waals surface area contributed by atoms with Crippen LogP contribution in [-0.2, 0) is 4.74 Å². The molecule has 0 aliphatic carbocycles. The standard InChI is InChI=1S/C26H27N5O5/c1-18-3-4-19(25(32)28-24-7-12-36-29-24)15-23(18)31-17-27-22-6-5-20(16-21(22)26(31)33)35-14-10-30-8-2-11-34-13-9-30/h3-7,12,15-17H,2,8-11,13-14H2,1H3,(H,28,29,32). The van der Waals surface area contributed by atoms with E-state index in [4.69, 9.17) is 14.0 Å². The average Bonchev–Trinajstić information content (AvgIpc) is 3.26. The van der Waals surface area contributed by atoms with Gasteiger partial charge in [-0.2, -0.15) is 0 Å². The third kappa shape index (κ3) is 5.29. The molecule has 0 radical (unpaired) electrons. The Morgan fingerprint density at radius 1 is 1.14 bits per heavy atom. The fourth-order valence-electron chi connectivity index (χ4n) is 4.15. The highest BCUT2D eigenvalue weighted by atomic mass is 16.5. The molecule has 0 unspecified atom stereocenters. The van der Waals surface area contributed by atoms with Crippen molar-refractivity contribution in [3.63, 3.8) is 0 Å². The van der Waals surface area contributed by atoms with Crippen molar-refractivity contribution in [2.75, 3.05) is 44.8 Å². The molecule has 1 aliphatic heterocycles. The normalized spacial score (nSPS) is 14.5. The Kier molecular flexibility index (Phi) is 7.06. The van der Waals surface area contributed by atoms with Crippen LogP contribution in [0.3, 0.4) is 0 Å². The first-order chi connectivity index (χ1) is 17.6. The van der Waals surface area contributed by atoms with Gasteiger partial charge in [0.1, 0.15) is 24.9 Å². The second-order valence-corrected chi connectivity index (χ2v) is 8.59. The maximum atomic E-state index is 13.5. The van der Waals surface area contributed by atoms with Crippen molar-refractivity contribution in [3.05, 3.63) is 76.5 Å². The van der Waals surface area contributed by atoms with Crippen LogP contribution in [0.15, 0.2) is 64.4 Å². The monoisotopic (exact) mass is 489 g/mol. The minimum Gasteiger partial charge on any atom is -0.492 e. The van der Waals surface area contributed by atoms with Gasteiger partial charge in [0.15, 0.2) is 5.82 Å². The van der Waals surface area contributed by atoms with Crippen LogP contribution in [0.5, 0.6) is 5.75 Å². The molecule has 2 aromatic carbocycles. The van der Waals surface area contributed by atoms with Crippen molar-refractivity contribution in [1.29, 1.82) is 0 Å². The lowest BCUT2D eigenvalue weighted by molar-refractivity contribution is 0.102. The smallest absolute Gasteiger partial charge is 0.265 e. The van der Waals surface area contributed by atoms with E-state index in [1.165, 1.54) is 17.2 Å². The molecule has 3 heterocycles. The number of aromatic nitrogens is 3. The predicted octanol–water partition coefficient (Wildman–Crippen LogP) is 3.04. The first-order valence-corrected chi connectivity index (χ1v) is 11.9. The first kappa shape index (κ1) is 23.7. The molecule has 2 aromatic heterocycles. The second kappa shape index (κ2) is 10.7. The number of fused-ring (bicyclic) bond motifs is 1. The number of hydrogen-bond donors (Lipinski definition) is 1. The Hall–Kier alpha value is -4.02. The molecule has 10 heteroatoms. The van der Waals surface area contributed by atoms with Crippen molar-refractivity contribution in [2.45, 2.75) is 13.3 Å². The highest BCUT2D eigenvalue weighted by Gasteiger charge is 2.14. The number of rotatable bonds is 7. The molecule has 10 nitrogen and oxygen atoms in total. The van der Waals surface area contributed by atoms with Gasteiger partial charge in [-0.1, -0.05) is 11.2 Å². The predicted molar refractivity (Wildman–Crippen MR) is 134 cm³/mol. The third-order valence-electron chi connectivity index (χ3n) is 6.13. The Balaban J connectivity index is 1.37. The summed E-state index contributed by atoms with van der Waals surface area (Å²) in [4.78, 5) is 32.9. The minimum absolute atomic E-state index is 0.243. The number of carbonyl (C=O) groups excluding carboxylic acids is 1. The molecular formula is C26H27N5O5. The zero-order valence-electron chi connectivity index (χ0n) is 20.0. The summed E-state index contributed by atoms with van der Waals surface area (Å²) in [5.41, 5.74) is 2.10. The van der Waals surface area contributed by atoms with Gasteiger partial charge in [0.05, 0.1) is 23.2 Å². The van der Waals surface area contributed by atoms with Crippen LogP contribution in [0.4, 0.5) is 5.82 Å². The Labute approximate surface area is 207 Å². The zero-order valence-corrected chi connectivity index (χ0v) is 20.0. The molecule has 0 saturated carbocycles. The van der Waals surface area contributed by atoms with Crippen LogP contribution >= 0.6 is 0 Å². The number of nitrogens with zero attached hydrogens (tertiary/aromatic N) is 4. The van der Waals surface area contributed by atoms with Gasteiger partial charge in [-0.3, -0.25) is 19.1 Å². The van der Waals surface area contributed by atoms with E-state index in [1.54, 1.807) is 36.4 Å². The molecule has 1 N–H and O–H groups in total. The van der Waals surface area contributed by atoms with E-state index in [2.05, 4.69) is 20.4 Å². The van der Waals surface area contributed by atoms with Gasteiger partial charge < -0.3 is 19.3 Å². The summed E-state index contributed by atoms with van der Waals surface area (Å²) in [5.74, 6) is 0.560. The topological polar surface area (TPSA) is 112 Å². The number of benzene rings is 2. The minimum atomic E-state index is -0.362. The van der Waals surface area contributed by atoms with Crippen LogP contribution in [0, 0.1) is 6.92 Å². The van der Waals surface area contributed by atoms with Gasteiger partial charge >= 0.3 is 0 Å². The average molecular weight is 490 g/mol. The maximum Gasteiger partial charge on any atom is 0.265 e. The van der Waals surface area contributed by atoms with Gasteiger partial charge in [0, 0.05) is 37.9 Å². The summed E-state index contributed by atoms with van der Waals surface area (Å²) < 4.78 is 17.7. The van der Waals surface area contributed by atoms with Crippen molar-refractivity contribution >= 4 is 22.6 Å². The Bertz CT molecular complexity index is 1410. The summed E-state index contributed by atoms with van der Waals surface area (Å²) in [6, 6.07) is 12.0. The van der Waals surface area contributed by atoms with E-state index < -0.39 is 0 Å². The number of hydrogen-bond acceptors (Lipinski definition) is 8. The van der Waals surface area contributed by atoms with E-state index in [9.17, 15) is 9.59 Å². The van der Waals surface area contributed by atoms with E-state index in [0.29, 0.717) is 40.3 Å². The Morgan fingerprint density at radius 3 is 2.92 bits per heavy atom. The molecule has 0 bridgehead atoms. The number of ether oxygens (including phenoxy) is 2. The fourth-order valence-corrected chi connectivity index (χ4v) is 4.15. The zero-order chi connectivity index (χ0) is 24.9. The van der Waals surface area contributed by atoms with Gasteiger partial charge in [-0.05, 0) is 49.2 Å². The lowest BCUT2D eigenvalue weighted by Crippen LogP contribution is -2.30. The molecule has 1 aliphatic rings. The SMILES string of the molecule is Cc1ccc(C(=O)Nc2ccon2)cc1-n1cnc2ccc(OCCN3CCCOCC3)cc2c1=O. The van der Waals surface area contributed by atoms with Crippen LogP contribution in [0.1, 0.15) is 22.3 Å². The molecule has 1 amide bonds. The molecule has 1 saturated heterocycles. The van der Waals surface area contributed by atoms with Crippen molar-refractivity contribution in [3.8, 4) is 11.4 Å². The highest BCUT2D eigenvalue weighted by molar-refractivity contribution is 6.04. The van der Waals surface area contributed by atoms with Crippen molar-refractivity contribution in [1.82, 2.24) is 19.6 Å². The second-order valence-electron chi connectivity index (χ2n) is 8.59. The fraction of sp³-hybridized carbons (Fsp3) is 0.308. The molecule has 1 fully saturated rings. The molecule has 186 valence electrons. The first-order valence-electron chi connectivity index (χ1n) is 11.9. The lowest BCUT2D eigenvalue weighted by atomic mass is 10.1. The van der Waals surface area contributed by atoms with Crippen molar-refractivity contribution < 1.29 is 18.8 Å². The maximum absolute atomic E-state index is 13.5. The van der Waals surface area contributed by atoms with Crippen molar-refractivity contribution in [2.24, 2.45) is 0 Å². The van der Waals surface area contributed by atoms with Crippen LogP contribution in [0.2, 0.25) is 0 Å². The van der Waals surface area contributed by atoms with Crippen LogP contribution in [0.25, 0.3) is 16.6 Å². The highest BCUT2D eigenvalue weighted by Crippen LogP contribution is 2.20. The summed E-state index contributed by atoms with van der Waals surface area (Å²) in [7, 11) is 0. The summed E-state index contributed by atoms with van der Waals surface area (Å²) in [5, 5.41) is 6.80. The van der Waals surface area contributed by atoms with Gasteiger partial charge in [-0.15, -0.1) is 0 Å². The quantitative estimate of drug-likeness (QED) is 0.422. The summed E-state index contributed by atoms with van der Waals surface area (Å²) in [6.07, 6.45) is 3.87. The summed E-state index contributed by atoms with van der Waals surface area (Å²) >= 11 is 0. The number of carbonyl (C=O) groups is 1. The van der Waals surface area contributed by atoms with Gasteiger partial charge in [0.2, 0.25) is 0 Å². The van der Waals surface area contributed by atoms with E-state index >= 15 is 0 Å². The summed E-state index contributed by atoms with van der Waals surface area (Å²) in [6.45, 7) is 6.61. The molecular weight excluding hydrogens is 462 g/mol. The van der Waals surface area contributed by atoms with E-state index in [-0.39, 0.29) is 11.5 Å². The number of amides is 1.